The fourth-order valence-electron chi connectivity index (χ4n) is 3.37. The standard InChI is InChI=1S/C21H15FN4O2S/c22-13-7-5-12(6-8-13)18-9-14-19(29-18)21(25-11-24-14)26-10-17(20(23)27)28-16-4-2-1-3-15(16)26/h1-9,11,17H,10H2,(H2,23,27)/t17-/m1/s1. The van der Waals surface area contributed by atoms with E-state index in [9.17, 15) is 9.18 Å². The summed E-state index contributed by atoms with van der Waals surface area (Å²) in [6.45, 7) is 0.252. The van der Waals surface area contributed by atoms with E-state index in [0.717, 1.165) is 26.3 Å². The van der Waals surface area contributed by atoms with Gasteiger partial charge in [0, 0.05) is 4.88 Å². The largest absolute Gasteiger partial charge is 0.477 e. The van der Waals surface area contributed by atoms with Crippen LogP contribution in [0.5, 0.6) is 5.75 Å². The highest BCUT2D eigenvalue weighted by atomic mass is 32.1. The summed E-state index contributed by atoms with van der Waals surface area (Å²) in [4.78, 5) is 23.6. The third-order valence-electron chi connectivity index (χ3n) is 4.77. The molecule has 5 rings (SSSR count). The Morgan fingerprint density at radius 1 is 1.17 bits per heavy atom. The van der Waals surface area contributed by atoms with E-state index in [4.69, 9.17) is 10.5 Å². The number of carbonyl (C=O) groups is 1. The highest BCUT2D eigenvalue weighted by Crippen LogP contribution is 2.42. The van der Waals surface area contributed by atoms with Crippen molar-refractivity contribution in [3.63, 3.8) is 0 Å². The SMILES string of the molecule is NC(=O)[C@H]1CN(c2ncnc3cc(-c4ccc(F)cc4)sc23)c2ccccc2O1. The third kappa shape index (κ3) is 3.07. The maximum absolute atomic E-state index is 13.3. The maximum atomic E-state index is 13.3. The van der Waals surface area contributed by atoms with Gasteiger partial charge in [-0.2, -0.15) is 0 Å². The average Bonchev–Trinajstić information content (AvgIpc) is 3.18. The molecule has 1 aliphatic heterocycles. The van der Waals surface area contributed by atoms with Crippen LogP contribution in [-0.4, -0.2) is 28.5 Å². The minimum Gasteiger partial charge on any atom is -0.477 e. The zero-order valence-corrected chi connectivity index (χ0v) is 15.9. The van der Waals surface area contributed by atoms with Crippen molar-refractivity contribution in [2.75, 3.05) is 11.4 Å². The number of halogens is 1. The molecule has 29 heavy (non-hydrogen) atoms. The first kappa shape index (κ1) is 17.6. The second-order valence-electron chi connectivity index (χ2n) is 6.62. The minimum atomic E-state index is -0.786. The molecule has 4 aromatic rings. The molecule has 144 valence electrons. The number of primary amides is 1. The number of para-hydroxylation sites is 2. The number of fused-ring (bicyclic) bond motifs is 2. The van der Waals surface area contributed by atoms with Crippen LogP contribution in [0.25, 0.3) is 20.7 Å². The molecule has 1 amide bonds. The van der Waals surface area contributed by atoms with Crippen molar-refractivity contribution in [2.45, 2.75) is 6.10 Å². The molecule has 0 aliphatic carbocycles. The topological polar surface area (TPSA) is 81.3 Å². The number of nitrogens with two attached hydrogens (primary N) is 1. The monoisotopic (exact) mass is 406 g/mol. The van der Waals surface area contributed by atoms with Crippen molar-refractivity contribution in [2.24, 2.45) is 5.73 Å². The molecule has 0 saturated carbocycles. The lowest BCUT2D eigenvalue weighted by Gasteiger charge is -2.34. The zero-order valence-electron chi connectivity index (χ0n) is 15.1. The molecule has 6 nitrogen and oxygen atoms in total. The molecule has 0 fully saturated rings. The van der Waals surface area contributed by atoms with Crippen LogP contribution in [0.4, 0.5) is 15.9 Å². The number of anilines is 2. The van der Waals surface area contributed by atoms with Gasteiger partial charge in [0.2, 0.25) is 0 Å². The van der Waals surface area contributed by atoms with Gasteiger partial charge < -0.3 is 15.4 Å². The zero-order chi connectivity index (χ0) is 20.0. The first-order valence-corrected chi connectivity index (χ1v) is 9.75. The van der Waals surface area contributed by atoms with Crippen LogP contribution in [0.1, 0.15) is 0 Å². The number of hydrogen-bond donors (Lipinski definition) is 1. The third-order valence-corrected chi connectivity index (χ3v) is 5.94. The summed E-state index contributed by atoms with van der Waals surface area (Å²) in [6, 6.07) is 15.7. The number of aromatic nitrogens is 2. The van der Waals surface area contributed by atoms with Gasteiger partial charge in [0.1, 0.15) is 17.9 Å². The normalized spacial score (nSPS) is 15.8. The Morgan fingerprint density at radius 2 is 1.97 bits per heavy atom. The molecule has 0 radical (unpaired) electrons. The Morgan fingerprint density at radius 3 is 2.76 bits per heavy atom. The molecule has 0 bridgehead atoms. The highest BCUT2D eigenvalue weighted by molar-refractivity contribution is 7.22. The van der Waals surface area contributed by atoms with Gasteiger partial charge in [-0.15, -0.1) is 11.3 Å². The van der Waals surface area contributed by atoms with Crippen LogP contribution < -0.4 is 15.4 Å². The van der Waals surface area contributed by atoms with Gasteiger partial charge in [-0.25, -0.2) is 14.4 Å². The summed E-state index contributed by atoms with van der Waals surface area (Å²) in [5.41, 5.74) is 8.00. The van der Waals surface area contributed by atoms with E-state index in [1.165, 1.54) is 29.8 Å². The van der Waals surface area contributed by atoms with Crippen LogP contribution in [0.15, 0.2) is 60.9 Å². The fraction of sp³-hybridized carbons (Fsp3) is 0.0952. The van der Waals surface area contributed by atoms with E-state index in [1.807, 2.05) is 29.2 Å². The predicted molar refractivity (Wildman–Crippen MR) is 110 cm³/mol. The van der Waals surface area contributed by atoms with E-state index < -0.39 is 12.0 Å². The second-order valence-corrected chi connectivity index (χ2v) is 7.67. The van der Waals surface area contributed by atoms with Gasteiger partial charge in [0.15, 0.2) is 11.9 Å². The first-order chi connectivity index (χ1) is 14.1. The number of thiophene rings is 1. The molecule has 0 saturated heterocycles. The Bertz CT molecular complexity index is 1230. The molecule has 2 aromatic carbocycles. The van der Waals surface area contributed by atoms with Crippen LogP contribution in [0, 0.1) is 5.82 Å². The number of carbonyl (C=O) groups excluding carboxylic acids is 1. The van der Waals surface area contributed by atoms with Gasteiger partial charge in [0.25, 0.3) is 5.91 Å². The van der Waals surface area contributed by atoms with Gasteiger partial charge in [-0.05, 0) is 35.9 Å². The highest BCUT2D eigenvalue weighted by Gasteiger charge is 2.32. The quantitative estimate of drug-likeness (QED) is 0.558. The average molecular weight is 406 g/mol. The number of amides is 1. The smallest absolute Gasteiger partial charge is 0.260 e. The van der Waals surface area contributed by atoms with E-state index in [0.29, 0.717) is 11.6 Å². The lowest BCUT2D eigenvalue weighted by Crippen LogP contribution is -2.45. The Labute approximate surface area is 169 Å². The minimum absolute atomic E-state index is 0.252. The Kier molecular flexibility index (Phi) is 4.13. The van der Waals surface area contributed by atoms with Crippen molar-refractivity contribution in [3.8, 4) is 16.2 Å². The number of nitrogens with zero attached hydrogens (tertiary/aromatic N) is 3. The molecule has 2 N–H and O–H groups in total. The van der Waals surface area contributed by atoms with Crippen LogP contribution >= 0.6 is 11.3 Å². The van der Waals surface area contributed by atoms with Crippen LogP contribution in [-0.2, 0) is 4.79 Å². The Balaban J connectivity index is 1.65. The summed E-state index contributed by atoms with van der Waals surface area (Å²) >= 11 is 1.51. The molecule has 8 heteroatoms. The van der Waals surface area contributed by atoms with Gasteiger partial charge in [-0.3, -0.25) is 4.79 Å². The summed E-state index contributed by atoms with van der Waals surface area (Å²) in [5, 5.41) is 0. The maximum Gasteiger partial charge on any atom is 0.260 e. The summed E-state index contributed by atoms with van der Waals surface area (Å²) in [5.74, 6) is 0.436. The fourth-order valence-corrected chi connectivity index (χ4v) is 4.49. The summed E-state index contributed by atoms with van der Waals surface area (Å²) in [6.07, 6.45) is 0.711. The van der Waals surface area contributed by atoms with Crippen molar-refractivity contribution in [3.05, 3.63) is 66.7 Å². The predicted octanol–water partition coefficient (Wildman–Crippen LogP) is 3.88. The first-order valence-electron chi connectivity index (χ1n) is 8.93. The Hall–Kier alpha value is -3.52. The van der Waals surface area contributed by atoms with Crippen molar-refractivity contribution >= 4 is 39.0 Å². The lowest BCUT2D eigenvalue weighted by molar-refractivity contribution is -0.124. The number of hydrogen-bond acceptors (Lipinski definition) is 6. The number of benzene rings is 2. The van der Waals surface area contributed by atoms with Gasteiger partial charge in [-0.1, -0.05) is 24.3 Å². The molecular weight excluding hydrogens is 391 g/mol. The summed E-state index contributed by atoms with van der Waals surface area (Å²) < 4.78 is 19.9. The molecule has 2 aromatic heterocycles. The molecule has 1 atom stereocenters. The van der Waals surface area contributed by atoms with Crippen LogP contribution in [0.3, 0.4) is 0 Å². The molecule has 3 heterocycles. The van der Waals surface area contributed by atoms with E-state index in [2.05, 4.69) is 9.97 Å². The lowest BCUT2D eigenvalue weighted by atomic mass is 10.1. The number of rotatable bonds is 3. The second kappa shape index (κ2) is 6.82. The van der Waals surface area contributed by atoms with Crippen molar-refractivity contribution < 1.29 is 13.9 Å². The van der Waals surface area contributed by atoms with E-state index >= 15 is 0 Å². The summed E-state index contributed by atoms with van der Waals surface area (Å²) in [7, 11) is 0. The van der Waals surface area contributed by atoms with Crippen LogP contribution in [0.2, 0.25) is 0 Å². The van der Waals surface area contributed by atoms with Crippen molar-refractivity contribution in [1.82, 2.24) is 9.97 Å². The molecular formula is C21H15FN4O2S. The van der Waals surface area contributed by atoms with Gasteiger partial charge in [0.05, 0.1) is 22.4 Å². The number of ether oxygens (including phenoxy) is 1. The molecule has 0 unspecified atom stereocenters. The molecule has 0 spiro atoms. The van der Waals surface area contributed by atoms with E-state index in [1.54, 1.807) is 18.2 Å². The van der Waals surface area contributed by atoms with Crippen molar-refractivity contribution in [1.29, 1.82) is 0 Å². The van der Waals surface area contributed by atoms with Gasteiger partial charge >= 0.3 is 0 Å². The molecule has 1 aliphatic rings. The van der Waals surface area contributed by atoms with E-state index in [-0.39, 0.29) is 12.4 Å².